The molecule has 0 bridgehead atoms. The van der Waals surface area contributed by atoms with Crippen molar-refractivity contribution in [1.82, 2.24) is 15.5 Å². The molecule has 1 atom stereocenters. The zero-order chi connectivity index (χ0) is 17.1. The van der Waals surface area contributed by atoms with Crippen LogP contribution >= 0.6 is 0 Å². The largest absolute Gasteiger partial charge is 0.420 e. The van der Waals surface area contributed by atoms with Crippen LogP contribution in [0.4, 0.5) is 4.39 Å². The molecule has 0 aliphatic heterocycles. The van der Waals surface area contributed by atoms with Gasteiger partial charge >= 0.3 is 0 Å². The number of fused-ring (bicyclic) bond motifs is 1. The standard InChI is InChI=1S/C16H13FN4O3/c17-8-12-20-21-16(24-12)13(14(18)22)19-15(23)11-7-3-5-9-4-1-2-6-10(9)11/h1-7,13H,8H2,(H2,18,22)(H,19,23)/t13-/m0/s1. The van der Waals surface area contributed by atoms with Gasteiger partial charge in [-0.15, -0.1) is 10.2 Å². The van der Waals surface area contributed by atoms with Gasteiger partial charge in [-0.2, -0.15) is 0 Å². The van der Waals surface area contributed by atoms with Crippen LogP contribution < -0.4 is 11.1 Å². The van der Waals surface area contributed by atoms with Crippen molar-refractivity contribution < 1.29 is 18.4 Å². The van der Waals surface area contributed by atoms with Crippen molar-refractivity contribution in [2.75, 3.05) is 0 Å². The van der Waals surface area contributed by atoms with Gasteiger partial charge in [0.2, 0.25) is 17.7 Å². The number of nitrogens with one attached hydrogen (secondary N) is 1. The molecule has 7 nitrogen and oxygen atoms in total. The third-order valence-electron chi connectivity index (χ3n) is 3.44. The van der Waals surface area contributed by atoms with Crippen LogP contribution in [-0.4, -0.2) is 22.0 Å². The molecular formula is C16H13FN4O3. The molecule has 2 aromatic carbocycles. The number of amides is 2. The molecule has 122 valence electrons. The van der Waals surface area contributed by atoms with Crippen LogP contribution in [0.1, 0.15) is 28.2 Å². The van der Waals surface area contributed by atoms with Gasteiger partial charge in [0, 0.05) is 5.56 Å². The number of hydrogen-bond acceptors (Lipinski definition) is 5. The lowest BCUT2D eigenvalue weighted by Crippen LogP contribution is -2.37. The van der Waals surface area contributed by atoms with Gasteiger partial charge in [0.1, 0.15) is 0 Å². The van der Waals surface area contributed by atoms with Crippen LogP contribution in [0.25, 0.3) is 10.8 Å². The molecule has 24 heavy (non-hydrogen) atoms. The summed E-state index contributed by atoms with van der Waals surface area (Å²) in [5.41, 5.74) is 5.65. The molecule has 3 aromatic rings. The Hall–Kier alpha value is -3.29. The van der Waals surface area contributed by atoms with Crippen molar-refractivity contribution in [2.45, 2.75) is 12.7 Å². The summed E-state index contributed by atoms with van der Waals surface area (Å²) in [6, 6.07) is 11.2. The van der Waals surface area contributed by atoms with E-state index in [1.54, 1.807) is 24.3 Å². The Kier molecular flexibility index (Phi) is 4.19. The normalized spacial score (nSPS) is 12.0. The molecule has 0 spiro atoms. The SMILES string of the molecule is NC(=O)[C@H](NC(=O)c1cccc2ccccc12)c1nnc(CF)o1. The third-order valence-corrected chi connectivity index (χ3v) is 3.44. The molecule has 0 saturated heterocycles. The maximum Gasteiger partial charge on any atom is 0.252 e. The fraction of sp³-hybridized carbons (Fsp3) is 0.125. The van der Waals surface area contributed by atoms with Crippen molar-refractivity contribution in [1.29, 1.82) is 0 Å². The molecular weight excluding hydrogens is 315 g/mol. The average molecular weight is 328 g/mol. The van der Waals surface area contributed by atoms with Crippen molar-refractivity contribution in [3.8, 4) is 0 Å². The molecule has 1 aromatic heterocycles. The highest BCUT2D eigenvalue weighted by Gasteiger charge is 2.27. The van der Waals surface area contributed by atoms with Crippen molar-refractivity contribution >= 4 is 22.6 Å². The number of nitrogens with two attached hydrogens (primary N) is 1. The Morgan fingerprint density at radius 2 is 1.92 bits per heavy atom. The number of primary amides is 1. The zero-order valence-electron chi connectivity index (χ0n) is 12.4. The predicted molar refractivity (Wildman–Crippen MR) is 82.5 cm³/mol. The first kappa shape index (κ1) is 15.6. The number of alkyl halides is 1. The van der Waals surface area contributed by atoms with Crippen molar-refractivity contribution in [3.05, 3.63) is 59.8 Å². The Balaban J connectivity index is 1.92. The smallest absolute Gasteiger partial charge is 0.252 e. The number of rotatable bonds is 5. The summed E-state index contributed by atoms with van der Waals surface area (Å²) in [4.78, 5) is 24.2. The Bertz CT molecular complexity index is 904. The maximum atomic E-state index is 12.5. The van der Waals surface area contributed by atoms with E-state index in [4.69, 9.17) is 10.2 Å². The predicted octanol–water partition coefficient (Wildman–Crippen LogP) is 1.65. The molecule has 2 amide bonds. The molecule has 8 heteroatoms. The second-order valence-electron chi connectivity index (χ2n) is 5.00. The first-order chi connectivity index (χ1) is 11.6. The number of benzene rings is 2. The van der Waals surface area contributed by atoms with E-state index < -0.39 is 24.5 Å². The van der Waals surface area contributed by atoms with E-state index in [-0.39, 0.29) is 11.8 Å². The first-order valence-corrected chi connectivity index (χ1v) is 7.06. The van der Waals surface area contributed by atoms with Gasteiger partial charge in [0.15, 0.2) is 12.7 Å². The summed E-state index contributed by atoms with van der Waals surface area (Å²) in [5.74, 6) is -1.98. The molecule has 0 fully saturated rings. The summed E-state index contributed by atoms with van der Waals surface area (Å²) in [7, 11) is 0. The molecule has 1 heterocycles. The average Bonchev–Trinajstić information content (AvgIpc) is 3.07. The van der Waals surface area contributed by atoms with Gasteiger partial charge in [-0.25, -0.2) is 4.39 Å². The monoisotopic (exact) mass is 328 g/mol. The number of halogens is 1. The van der Waals surface area contributed by atoms with E-state index in [1.165, 1.54) is 0 Å². The van der Waals surface area contributed by atoms with E-state index in [9.17, 15) is 14.0 Å². The first-order valence-electron chi connectivity index (χ1n) is 7.06. The minimum Gasteiger partial charge on any atom is -0.420 e. The number of hydrogen-bond donors (Lipinski definition) is 2. The van der Waals surface area contributed by atoms with Gasteiger partial charge in [-0.05, 0) is 16.8 Å². The van der Waals surface area contributed by atoms with E-state index in [0.717, 1.165) is 10.8 Å². The Morgan fingerprint density at radius 1 is 1.17 bits per heavy atom. The van der Waals surface area contributed by atoms with Gasteiger partial charge in [-0.1, -0.05) is 36.4 Å². The number of carbonyl (C=O) groups is 2. The molecule has 0 aliphatic rings. The van der Waals surface area contributed by atoms with Crippen molar-refractivity contribution in [3.63, 3.8) is 0 Å². The lowest BCUT2D eigenvalue weighted by atomic mass is 10.0. The number of nitrogens with zero attached hydrogens (tertiary/aromatic N) is 2. The minimum absolute atomic E-state index is 0.260. The highest BCUT2D eigenvalue weighted by atomic mass is 19.1. The van der Waals surface area contributed by atoms with Crippen LogP contribution in [0.15, 0.2) is 46.9 Å². The van der Waals surface area contributed by atoms with Crippen LogP contribution in [0.2, 0.25) is 0 Å². The van der Waals surface area contributed by atoms with Crippen LogP contribution in [0.5, 0.6) is 0 Å². The lowest BCUT2D eigenvalue weighted by molar-refractivity contribution is -0.120. The second kappa shape index (κ2) is 6.45. The van der Waals surface area contributed by atoms with Crippen molar-refractivity contribution in [2.24, 2.45) is 5.73 Å². The van der Waals surface area contributed by atoms with Gasteiger partial charge < -0.3 is 15.5 Å². The van der Waals surface area contributed by atoms with Crippen LogP contribution in [0.3, 0.4) is 0 Å². The van der Waals surface area contributed by atoms with Gasteiger partial charge in [0.05, 0.1) is 0 Å². The fourth-order valence-corrected chi connectivity index (χ4v) is 2.32. The third kappa shape index (κ3) is 2.94. The van der Waals surface area contributed by atoms with Crippen LogP contribution in [0, 0.1) is 0 Å². The highest BCUT2D eigenvalue weighted by Crippen LogP contribution is 2.20. The van der Waals surface area contributed by atoms with E-state index in [2.05, 4.69) is 15.5 Å². The fourth-order valence-electron chi connectivity index (χ4n) is 2.32. The molecule has 0 radical (unpaired) electrons. The summed E-state index contributed by atoms with van der Waals surface area (Å²) in [5, 5.41) is 11.0. The topological polar surface area (TPSA) is 111 Å². The highest BCUT2D eigenvalue weighted by molar-refractivity contribution is 6.08. The summed E-state index contributed by atoms with van der Waals surface area (Å²) >= 11 is 0. The molecule has 3 N–H and O–H groups in total. The van der Waals surface area contributed by atoms with E-state index >= 15 is 0 Å². The van der Waals surface area contributed by atoms with Gasteiger partial charge in [0.25, 0.3) is 5.91 Å². The van der Waals surface area contributed by atoms with E-state index in [0.29, 0.717) is 5.56 Å². The second-order valence-corrected chi connectivity index (χ2v) is 5.00. The maximum absolute atomic E-state index is 12.5. The summed E-state index contributed by atoms with van der Waals surface area (Å²) < 4.78 is 17.5. The molecule has 0 aliphatic carbocycles. The van der Waals surface area contributed by atoms with E-state index in [1.807, 2.05) is 18.2 Å². The number of aromatic nitrogens is 2. The quantitative estimate of drug-likeness (QED) is 0.740. The van der Waals surface area contributed by atoms with Crippen LogP contribution in [-0.2, 0) is 11.5 Å². The summed E-state index contributed by atoms with van der Waals surface area (Å²) in [6.07, 6.45) is 0. The summed E-state index contributed by atoms with van der Waals surface area (Å²) in [6.45, 7) is -0.976. The number of carbonyl (C=O) groups excluding carboxylic acids is 2. The Morgan fingerprint density at radius 3 is 2.62 bits per heavy atom. The van der Waals surface area contributed by atoms with Gasteiger partial charge in [-0.3, -0.25) is 9.59 Å². The molecule has 0 unspecified atom stereocenters. The minimum atomic E-state index is -1.34. The molecule has 0 saturated carbocycles. The lowest BCUT2D eigenvalue weighted by Gasteiger charge is -2.13. The zero-order valence-corrected chi connectivity index (χ0v) is 12.4. The Labute approximate surface area is 135 Å². The molecule has 3 rings (SSSR count).